The predicted molar refractivity (Wildman–Crippen MR) is 57.2 cm³/mol. The van der Waals surface area contributed by atoms with Gasteiger partial charge in [-0.05, 0) is 17.9 Å². The quantitative estimate of drug-likeness (QED) is 0.772. The molecule has 0 saturated carbocycles. The van der Waals surface area contributed by atoms with E-state index in [9.17, 15) is 0 Å². The van der Waals surface area contributed by atoms with Crippen LogP contribution < -0.4 is 5.32 Å². The molecular formula is C11H19N3. The lowest BCUT2D eigenvalue weighted by Gasteiger charge is -2.27. The number of nitrogens with one attached hydrogen (secondary N) is 1. The summed E-state index contributed by atoms with van der Waals surface area (Å²) in [5.74, 6) is 0.577. The first-order valence-corrected chi connectivity index (χ1v) is 5.36. The van der Waals surface area contributed by atoms with Gasteiger partial charge in [0.25, 0.3) is 0 Å². The van der Waals surface area contributed by atoms with E-state index in [-0.39, 0.29) is 0 Å². The zero-order valence-corrected chi connectivity index (χ0v) is 9.25. The Bertz CT molecular complexity index is 318. The van der Waals surface area contributed by atoms with Crippen LogP contribution in [0.25, 0.3) is 0 Å². The van der Waals surface area contributed by atoms with Crippen molar-refractivity contribution >= 4 is 0 Å². The zero-order valence-electron chi connectivity index (χ0n) is 9.25. The van der Waals surface area contributed by atoms with Gasteiger partial charge in [-0.15, -0.1) is 0 Å². The van der Waals surface area contributed by atoms with Gasteiger partial charge in [0.2, 0.25) is 0 Å². The van der Waals surface area contributed by atoms with E-state index < -0.39 is 0 Å². The van der Waals surface area contributed by atoms with E-state index in [1.54, 1.807) is 0 Å². The molecule has 1 aromatic rings. The van der Waals surface area contributed by atoms with Crippen molar-refractivity contribution in [2.24, 2.45) is 12.5 Å². The SMILES string of the molecule is CC[C@@]1(C)CNC[C@@H]1c1ccn(C)n1. The van der Waals surface area contributed by atoms with E-state index >= 15 is 0 Å². The van der Waals surface area contributed by atoms with Crippen LogP contribution in [0.2, 0.25) is 0 Å². The van der Waals surface area contributed by atoms with Crippen LogP contribution >= 0.6 is 0 Å². The second kappa shape index (κ2) is 3.39. The molecule has 0 aliphatic carbocycles. The Hall–Kier alpha value is -0.830. The molecule has 3 heteroatoms. The molecule has 1 aliphatic rings. The van der Waals surface area contributed by atoms with Crippen LogP contribution in [0.5, 0.6) is 0 Å². The molecule has 1 fully saturated rings. The van der Waals surface area contributed by atoms with Crippen molar-refractivity contribution in [1.29, 1.82) is 0 Å². The van der Waals surface area contributed by atoms with Gasteiger partial charge in [0.15, 0.2) is 0 Å². The lowest BCUT2D eigenvalue weighted by molar-refractivity contribution is 0.303. The van der Waals surface area contributed by atoms with Crippen molar-refractivity contribution < 1.29 is 0 Å². The summed E-state index contributed by atoms with van der Waals surface area (Å²) in [5.41, 5.74) is 1.62. The van der Waals surface area contributed by atoms with Crippen molar-refractivity contribution in [3.63, 3.8) is 0 Å². The average Bonchev–Trinajstić information content (AvgIpc) is 2.73. The fraction of sp³-hybridized carbons (Fsp3) is 0.727. The minimum atomic E-state index is 0.383. The molecule has 0 bridgehead atoms. The summed E-state index contributed by atoms with van der Waals surface area (Å²) in [6.45, 7) is 6.81. The molecule has 14 heavy (non-hydrogen) atoms. The highest BCUT2D eigenvalue weighted by molar-refractivity contribution is 5.15. The summed E-state index contributed by atoms with van der Waals surface area (Å²) >= 11 is 0. The van der Waals surface area contributed by atoms with E-state index in [1.807, 2.05) is 17.9 Å². The number of hydrogen-bond donors (Lipinski definition) is 1. The molecule has 78 valence electrons. The molecular weight excluding hydrogens is 174 g/mol. The maximum absolute atomic E-state index is 4.51. The number of hydrogen-bond acceptors (Lipinski definition) is 2. The van der Waals surface area contributed by atoms with Gasteiger partial charge in [0.05, 0.1) is 5.69 Å². The van der Waals surface area contributed by atoms with Crippen molar-refractivity contribution in [3.05, 3.63) is 18.0 Å². The van der Waals surface area contributed by atoms with Gasteiger partial charge in [-0.1, -0.05) is 13.8 Å². The number of rotatable bonds is 2. The summed E-state index contributed by atoms with van der Waals surface area (Å²) in [6.07, 6.45) is 3.24. The lowest BCUT2D eigenvalue weighted by Crippen LogP contribution is -2.24. The van der Waals surface area contributed by atoms with Crippen molar-refractivity contribution in [2.45, 2.75) is 26.2 Å². The molecule has 1 aromatic heterocycles. The Balaban J connectivity index is 2.26. The summed E-state index contributed by atoms with van der Waals surface area (Å²) in [4.78, 5) is 0. The normalized spacial score (nSPS) is 32.4. The molecule has 3 nitrogen and oxygen atoms in total. The Morgan fingerprint density at radius 3 is 3.07 bits per heavy atom. The third kappa shape index (κ3) is 1.46. The first-order valence-electron chi connectivity index (χ1n) is 5.36. The van der Waals surface area contributed by atoms with Gasteiger partial charge in [-0.25, -0.2) is 0 Å². The number of aryl methyl sites for hydroxylation is 1. The zero-order chi connectivity index (χ0) is 10.2. The van der Waals surface area contributed by atoms with Gasteiger partial charge in [0.1, 0.15) is 0 Å². The van der Waals surface area contributed by atoms with E-state index in [4.69, 9.17) is 0 Å². The largest absolute Gasteiger partial charge is 0.315 e. The Morgan fingerprint density at radius 2 is 2.50 bits per heavy atom. The monoisotopic (exact) mass is 193 g/mol. The summed E-state index contributed by atoms with van der Waals surface area (Å²) < 4.78 is 1.89. The van der Waals surface area contributed by atoms with E-state index in [0.29, 0.717) is 11.3 Å². The van der Waals surface area contributed by atoms with Gasteiger partial charge in [0, 0.05) is 32.3 Å². The average molecular weight is 193 g/mol. The molecule has 0 unspecified atom stereocenters. The Kier molecular flexibility index (Phi) is 2.35. The van der Waals surface area contributed by atoms with Crippen molar-refractivity contribution in [1.82, 2.24) is 15.1 Å². The highest BCUT2D eigenvalue weighted by Gasteiger charge is 2.39. The summed E-state index contributed by atoms with van der Waals surface area (Å²) in [5, 5.41) is 7.99. The molecule has 2 atom stereocenters. The van der Waals surface area contributed by atoms with Gasteiger partial charge in [-0.3, -0.25) is 4.68 Å². The van der Waals surface area contributed by atoms with Crippen molar-refractivity contribution in [3.8, 4) is 0 Å². The molecule has 1 aliphatic heterocycles. The molecule has 2 rings (SSSR count). The second-order valence-corrected chi connectivity index (χ2v) is 4.61. The van der Waals surface area contributed by atoms with Crippen LogP contribution in [-0.2, 0) is 7.05 Å². The van der Waals surface area contributed by atoms with Crippen LogP contribution in [0.3, 0.4) is 0 Å². The standard InChI is InChI=1S/C11H19N3/c1-4-11(2)8-12-7-9(11)10-5-6-14(3)13-10/h5-6,9,12H,4,7-8H2,1-3H3/t9-,11+/m1/s1. The van der Waals surface area contributed by atoms with E-state index in [2.05, 4.69) is 30.3 Å². The molecule has 0 radical (unpaired) electrons. The minimum absolute atomic E-state index is 0.383. The van der Waals surface area contributed by atoms with Gasteiger partial charge >= 0.3 is 0 Å². The fourth-order valence-corrected chi connectivity index (χ4v) is 2.32. The Labute approximate surface area is 85.5 Å². The molecule has 2 heterocycles. The summed E-state index contributed by atoms with van der Waals surface area (Å²) in [7, 11) is 1.98. The molecule has 1 saturated heterocycles. The third-order valence-electron chi connectivity index (χ3n) is 3.62. The maximum Gasteiger partial charge on any atom is 0.0673 e. The highest BCUT2D eigenvalue weighted by atomic mass is 15.3. The number of nitrogens with zero attached hydrogens (tertiary/aromatic N) is 2. The van der Waals surface area contributed by atoms with E-state index in [0.717, 1.165) is 13.1 Å². The first kappa shape index (κ1) is 9.71. The minimum Gasteiger partial charge on any atom is -0.315 e. The van der Waals surface area contributed by atoms with Crippen LogP contribution in [0.15, 0.2) is 12.3 Å². The van der Waals surface area contributed by atoms with E-state index in [1.165, 1.54) is 12.1 Å². The van der Waals surface area contributed by atoms with Crippen molar-refractivity contribution in [2.75, 3.05) is 13.1 Å². The van der Waals surface area contributed by atoms with Crippen LogP contribution in [-0.4, -0.2) is 22.9 Å². The van der Waals surface area contributed by atoms with Crippen LogP contribution in [0.4, 0.5) is 0 Å². The molecule has 0 spiro atoms. The molecule has 1 N–H and O–H groups in total. The van der Waals surface area contributed by atoms with Gasteiger partial charge < -0.3 is 5.32 Å². The smallest absolute Gasteiger partial charge is 0.0673 e. The number of aromatic nitrogens is 2. The topological polar surface area (TPSA) is 29.9 Å². The summed E-state index contributed by atoms with van der Waals surface area (Å²) in [6, 6.07) is 2.14. The van der Waals surface area contributed by atoms with Crippen LogP contribution in [0, 0.1) is 5.41 Å². The second-order valence-electron chi connectivity index (χ2n) is 4.61. The van der Waals surface area contributed by atoms with Gasteiger partial charge in [-0.2, -0.15) is 5.10 Å². The Morgan fingerprint density at radius 1 is 1.71 bits per heavy atom. The lowest BCUT2D eigenvalue weighted by atomic mass is 9.76. The first-order chi connectivity index (χ1) is 6.65. The molecule has 0 amide bonds. The predicted octanol–water partition coefficient (Wildman–Crippen LogP) is 1.52. The molecule has 0 aromatic carbocycles. The maximum atomic E-state index is 4.51. The highest BCUT2D eigenvalue weighted by Crippen LogP contribution is 2.40. The fourth-order valence-electron chi connectivity index (χ4n) is 2.32. The van der Waals surface area contributed by atoms with Crippen LogP contribution in [0.1, 0.15) is 31.9 Å². The third-order valence-corrected chi connectivity index (χ3v) is 3.62.